The molecule has 0 saturated heterocycles. The first kappa shape index (κ1) is 9.02. The predicted molar refractivity (Wildman–Crippen MR) is 45.3 cm³/mol. The lowest BCUT2D eigenvalue weighted by molar-refractivity contribution is 0.349. The average Bonchev–Trinajstić information content (AvgIpc) is 1.95. The maximum atomic E-state index is 3.36. The molecule has 2 heteroatoms. The van der Waals surface area contributed by atoms with Crippen molar-refractivity contribution in [3.05, 3.63) is 0 Å². The van der Waals surface area contributed by atoms with Gasteiger partial charge in [-0.2, -0.15) is 0 Å². The molecule has 1 N–H and O–H groups in total. The predicted octanol–water partition coefficient (Wildman–Crippen LogP) is 1.09. The van der Waals surface area contributed by atoms with Gasteiger partial charge in [-0.05, 0) is 19.3 Å². The first-order valence-electron chi connectivity index (χ1n) is 3.93. The van der Waals surface area contributed by atoms with Crippen molar-refractivity contribution in [2.24, 2.45) is 0 Å². The summed E-state index contributed by atoms with van der Waals surface area (Å²) in [7, 11) is 2.05. The smallest absolute Gasteiger partial charge is 0.182 e. The Morgan fingerprint density at radius 2 is 1.44 bits per heavy atom. The average molecular weight is 127 g/mol. The van der Waals surface area contributed by atoms with Crippen molar-refractivity contribution < 1.29 is 0 Å². The molecule has 0 unspecified atom stereocenters. The van der Waals surface area contributed by atoms with Crippen LogP contribution >= 0.6 is 0 Å². The van der Waals surface area contributed by atoms with Gasteiger partial charge >= 0.3 is 0 Å². The first-order valence-corrected chi connectivity index (χ1v) is 3.93. The molecule has 0 rings (SSSR count). The maximum absolute atomic E-state index is 3.36. The Labute approximate surface area is 59.7 Å². The zero-order valence-corrected chi connectivity index (χ0v) is 7.12. The lowest BCUT2D eigenvalue weighted by Crippen LogP contribution is -2.41. The normalized spacial score (nSPS) is 11.9. The molecule has 9 heavy (non-hydrogen) atoms. The summed E-state index contributed by atoms with van der Waals surface area (Å²) in [5.74, 6) is 0. The van der Waals surface area contributed by atoms with Crippen LogP contribution in [0.2, 0.25) is 0 Å². The molecule has 0 aliphatic heterocycles. The van der Waals surface area contributed by atoms with Gasteiger partial charge in [0, 0.05) is 5.54 Å². The number of nitrogens with one attached hydrogen (secondary N) is 1. The largest absolute Gasteiger partial charge is 0.357 e. The molecule has 0 radical (unpaired) electrons. The van der Waals surface area contributed by atoms with Gasteiger partial charge in [-0.1, -0.05) is 20.8 Å². The van der Waals surface area contributed by atoms with E-state index in [-0.39, 0.29) is 0 Å². The van der Waals surface area contributed by atoms with E-state index in [2.05, 4.69) is 34.0 Å². The van der Waals surface area contributed by atoms with E-state index in [0.29, 0.717) is 5.54 Å². The van der Waals surface area contributed by atoms with Crippen molar-refractivity contribution in [1.82, 2.24) is 5.23 Å². The fraction of sp³-hybridized carbons (Fsp3) is 1.00. The Kier molecular flexibility index (Phi) is 3.95. The number of rotatable bonds is 4. The molecule has 0 aromatic rings. The van der Waals surface area contributed by atoms with E-state index in [9.17, 15) is 0 Å². The van der Waals surface area contributed by atoms with Crippen LogP contribution in [0.3, 0.4) is 0 Å². The molecular formula is C7H18BN. The summed E-state index contributed by atoms with van der Waals surface area (Å²) in [5.41, 5.74) is 0.417. The molecule has 0 amide bonds. The van der Waals surface area contributed by atoms with E-state index in [0.717, 1.165) is 0 Å². The second kappa shape index (κ2) is 3.94. The molecule has 0 aliphatic rings. The molecule has 0 aliphatic carbocycles. The summed E-state index contributed by atoms with van der Waals surface area (Å²) in [6.45, 7) is 6.72. The number of hydrogen-bond acceptors (Lipinski definition) is 1. The van der Waals surface area contributed by atoms with Gasteiger partial charge in [-0.15, -0.1) is 0 Å². The summed E-state index contributed by atoms with van der Waals surface area (Å²) in [5, 5.41) is 3.36. The SMILES string of the molecule is BNC(CC)(CC)CC. The summed E-state index contributed by atoms with van der Waals surface area (Å²) in [6.07, 6.45) is 3.70. The minimum absolute atomic E-state index is 0.417. The van der Waals surface area contributed by atoms with Gasteiger partial charge in [-0.25, -0.2) is 0 Å². The zero-order chi connectivity index (χ0) is 7.33. The van der Waals surface area contributed by atoms with E-state index in [1.165, 1.54) is 19.3 Å². The lowest BCUT2D eigenvalue weighted by Gasteiger charge is -2.30. The quantitative estimate of drug-likeness (QED) is 0.557. The van der Waals surface area contributed by atoms with Crippen LogP contribution in [0.15, 0.2) is 0 Å². The molecule has 0 saturated carbocycles. The standard InChI is InChI=1S/C7H18BN/c1-4-7(5-2,6-3)9-8/h9H,4-6,8H2,1-3H3. The molecular weight excluding hydrogens is 109 g/mol. The van der Waals surface area contributed by atoms with E-state index in [1.54, 1.807) is 0 Å². The fourth-order valence-corrected chi connectivity index (χ4v) is 1.28. The minimum Gasteiger partial charge on any atom is -0.357 e. The summed E-state index contributed by atoms with van der Waals surface area (Å²) >= 11 is 0. The van der Waals surface area contributed by atoms with Crippen LogP contribution in [0, 0.1) is 0 Å². The molecule has 0 aromatic heterocycles. The highest BCUT2D eigenvalue weighted by atomic mass is 14.9. The fourth-order valence-electron chi connectivity index (χ4n) is 1.28. The van der Waals surface area contributed by atoms with Crippen molar-refractivity contribution in [3.8, 4) is 0 Å². The second-order valence-electron chi connectivity index (χ2n) is 2.59. The van der Waals surface area contributed by atoms with E-state index >= 15 is 0 Å². The molecule has 0 fully saturated rings. The topological polar surface area (TPSA) is 12.0 Å². The summed E-state index contributed by atoms with van der Waals surface area (Å²) in [4.78, 5) is 0. The van der Waals surface area contributed by atoms with E-state index in [1.807, 2.05) is 0 Å². The lowest BCUT2D eigenvalue weighted by atomic mass is 9.88. The van der Waals surface area contributed by atoms with Crippen LogP contribution < -0.4 is 5.23 Å². The second-order valence-corrected chi connectivity index (χ2v) is 2.59. The van der Waals surface area contributed by atoms with Crippen LogP contribution in [-0.4, -0.2) is 13.5 Å². The summed E-state index contributed by atoms with van der Waals surface area (Å²) in [6, 6.07) is 0. The molecule has 1 nitrogen and oxygen atoms in total. The van der Waals surface area contributed by atoms with Crippen LogP contribution in [-0.2, 0) is 0 Å². The highest BCUT2D eigenvalue weighted by molar-refractivity contribution is 6.04. The Morgan fingerprint density at radius 3 is 1.44 bits per heavy atom. The molecule has 0 aromatic carbocycles. The van der Waals surface area contributed by atoms with Crippen molar-refractivity contribution in [1.29, 1.82) is 0 Å². The van der Waals surface area contributed by atoms with Gasteiger partial charge in [0.1, 0.15) is 0 Å². The third kappa shape index (κ3) is 2.01. The van der Waals surface area contributed by atoms with Crippen LogP contribution in [0.25, 0.3) is 0 Å². The summed E-state index contributed by atoms with van der Waals surface area (Å²) < 4.78 is 0. The van der Waals surface area contributed by atoms with Gasteiger partial charge in [-0.3, -0.25) is 0 Å². The highest BCUT2D eigenvalue weighted by Gasteiger charge is 2.19. The molecule has 0 spiro atoms. The van der Waals surface area contributed by atoms with Crippen molar-refractivity contribution >= 4 is 7.98 Å². The van der Waals surface area contributed by atoms with Crippen LogP contribution in [0.4, 0.5) is 0 Å². The number of hydrogen-bond donors (Lipinski definition) is 1. The van der Waals surface area contributed by atoms with Gasteiger partial charge in [0.25, 0.3) is 0 Å². The molecule has 0 heterocycles. The Balaban J connectivity index is 3.82. The first-order chi connectivity index (χ1) is 4.24. The molecule has 0 bridgehead atoms. The van der Waals surface area contributed by atoms with Gasteiger partial charge in [0.15, 0.2) is 7.98 Å². The van der Waals surface area contributed by atoms with Gasteiger partial charge in [0.2, 0.25) is 0 Å². The highest BCUT2D eigenvalue weighted by Crippen LogP contribution is 2.17. The Morgan fingerprint density at radius 1 is 1.11 bits per heavy atom. The third-order valence-corrected chi connectivity index (χ3v) is 2.56. The Bertz CT molecular complexity index is 51.8. The van der Waals surface area contributed by atoms with Gasteiger partial charge in [0.05, 0.1) is 0 Å². The van der Waals surface area contributed by atoms with Crippen molar-refractivity contribution in [3.63, 3.8) is 0 Å². The van der Waals surface area contributed by atoms with E-state index < -0.39 is 0 Å². The third-order valence-electron chi connectivity index (χ3n) is 2.56. The van der Waals surface area contributed by atoms with Crippen LogP contribution in [0.5, 0.6) is 0 Å². The van der Waals surface area contributed by atoms with E-state index in [4.69, 9.17) is 0 Å². The zero-order valence-electron chi connectivity index (χ0n) is 7.12. The molecule has 54 valence electrons. The minimum atomic E-state index is 0.417. The van der Waals surface area contributed by atoms with Gasteiger partial charge < -0.3 is 5.23 Å². The van der Waals surface area contributed by atoms with Crippen LogP contribution in [0.1, 0.15) is 40.0 Å². The maximum Gasteiger partial charge on any atom is 0.182 e. The monoisotopic (exact) mass is 127 g/mol. The van der Waals surface area contributed by atoms with Crippen molar-refractivity contribution in [2.45, 2.75) is 45.6 Å². The van der Waals surface area contributed by atoms with Crippen molar-refractivity contribution in [2.75, 3.05) is 0 Å². The molecule has 0 atom stereocenters. The Hall–Kier alpha value is 0.0249.